The maximum absolute atomic E-state index is 10.2. The average molecular weight is 272 g/mol. The molecule has 0 radical (unpaired) electrons. The van der Waals surface area contributed by atoms with Crippen LogP contribution in [0, 0.1) is 0 Å². The Balaban J connectivity index is 0.000000362. The quantitative estimate of drug-likeness (QED) is 0.538. The van der Waals surface area contributed by atoms with E-state index < -0.39 is 0 Å². The zero-order valence-corrected chi connectivity index (χ0v) is 12.2. The molecule has 0 saturated carbocycles. The van der Waals surface area contributed by atoms with Crippen molar-refractivity contribution in [2.75, 3.05) is 19.8 Å². The summed E-state index contributed by atoms with van der Waals surface area (Å²) in [6.45, 7) is 10.2. The number of hydrogen-bond donors (Lipinski definition) is 0. The summed E-state index contributed by atoms with van der Waals surface area (Å²) in [6.07, 6.45) is 0.639. The van der Waals surface area contributed by atoms with Crippen molar-refractivity contribution in [2.45, 2.75) is 40.6 Å². The standard InChI is InChI=1S/C8H10O3.C6H14O2/c1-2-10-6-8-4-3-7(5-9)11-8;1-4-7-6(3)8-5-2/h3-5H,2,6H2,1H3;6H,4-5H2,1-3H3. The molecule has 0 unspecified atom stereocenters. The number of carbonyl (C=O) groups is 1. The SMILES string of the molecule is CCOC(C)OCC.CCOCc1ccc(C=O)o1. The highest BCUT2D eigenvalue weighted by molar-refractivity contribution is 5.70. The molecular formula is C14H24O5. The van der Waals surface area contributed by atoms with Gasteiger partial charge in [0.2, 0.25) is 0 Å². The Kier molecular flexibility index (Phi) is 11.2. The van der Waals surface area contributed by atoms with Crippen LogP contribution in [-0.2, 0) is 20.8 Å². The van der Waals surface area contributed by atoms with Crippen molar-refractivity contribution in [1.29, 1.82) is 0 Å². The third kappa shape index (κ3) is 9.41. The van der Waals surface area contributed by atoms with E-state index >= 15 is 0 Å². The van der Waals surface area contributed by atoms with Crippen LogP contribution in [-0.4, -0.2) is 32.4 Å². The lowest BCUT2D eigenvalue weighted by atomic mass is 10.4. The van der Waals surface area contributed by atoms with Crippen LogP contribution in [0.1, 0.15) is 44.0 Å². The van der Waals surface area contributed by atoms with Gasteiger partial charge in [-0.05, 0) is 39.8 Å². The molecular weight excluding hydrogens is 248 g/mol. The molecule has 0 aliphatic rings. The molecule has 5 heteroatoms. The van der Waals surface area contributed by atoms with Crippen molar-refractivity contribution in [2.24, 2.45) is 0 Å². The van der Waals surface area contributed by atoms with E-state index in [-0.39, 0.29) is 6.29 Å². The Bertz CT molecular complexity index is 315. The second kappa shape index (κ2) is 11.9. The lowest BCUT2D eigenvalue weighted by Crippen LogP contribution is -2.11. The second-order valence-electron chi connectivity index (χ2n) is 3.54. The normalized spacial score (nSPS) is 10.2. The van der Waals surface area contributed by atoms with Crippen LogP contribution >= 0.6 is 0 Å². The van der Waals surface area contributed by atoms with Crippen LogP contribution in [0.3, 0.4) is 0 Å². The summed E-state index contributed by atoms with van der Waals surface area (Å²) in [7, 11) is 0. The predicted molar refractivity (Wildman–Crippen MR) is 72.1 cm³/mol. The molecule has 0 aliphatic heterocycles. The van der Waals surface area contributed by atoms with E-state index in [1.165, 1.54) is 0 Å². The van der Waals surface area contributed by atoms with E-state index in [1.54, 1.807) is 12.1 Å². The van der Waals surface area contributed by atoms with Gasteiger partial charge in [0.1, 0.15) is 12.4 Å². The minimum atomic E-state index is -0.0370. The molecule has 0 amide bonds. The maximum atomic E-state index is 10.2. The summed E-state index contributed by atoms with van der Waals surface area (Å²) in [4.78, 5) is 10.2. The van der Waals surface area contributed by atoms with Crippen molar-refractivity contribution < 1.29 is 23.4 Å². The molecule has 0 atom stereocenters. The molecule has 19 heavy (non-hydrogen) atoms. The third-order valence-corrected chi connectivity index (χ3v) is 2.05. The average Bonchev–Trinajstić information content (AvgIpc) is 2.86. The number of hydrogen-bond acceptors (Lipinski definition) is 5. The molecule has 0 spiro atoms. The Hall–Kier alpha value is -1.17. The molecule has 0 fully saturated rings. The topological polar surface area (TPSA) is 57.9 Å². The maximum Gasteiger partial charge on any atom is 0.185 e. The van der Waals surface area contributed by atoms with Crippen molar-refractivity contribution >= 4 is 6.29 Å². The van der Waals surface area contributed by atoms with E-state index in [9.17, 15) is 4.79 Å². The first-order valence-corrected chi connectivity index (χ1v) is 6.52. The molecule has 0 aliphatic carbocycles. The highest BCUT2D eigenvalue weighted by atomic mass is 16.7. The second-order valence-corrected chi connectivity index (χ2v) is 3.54. The zero-order valence-electron chi connectivity index (χ0n) is 12.2. The van der Waals surface area contributed by atoms with Crippen molar-refractivity contribution in [3.8, 4) is 0 Å². The lowest BCUT2D eigenvalue weighted by Gasteiger charge is -2.09. The molecule has 1 aromatic heterocycles. The fourth-order valence-electron chi connectivity index (χ4n) is 1.26. The monoisotopic (exact) mass is 272 g/mol. The van der Waals surface area contributed by atoms with Gasteiger partial charge in [-0.2, -0.15) is 0 Å². The van der Waals surface area contributed by atoms with Gasteiger partial charge >= 0.3 is 0 Å². The Morgan fingerprint density at radius 1 is 1.16 bits per heavy atom. The predicted octanol–water partition coefficient (Wildman–Crippen LogP) is 3.03. The van der Waals surface area contributed by atoms with Gasteiger partial charge < -0.3 is 18.6 Å². The van der Waals surface area contributed by atoms with Gasteiger partial charge in [-0.3, -0.25) is 4.79 Å². The zero-order chi connectivity index (χ0) is 14.5. The van der Waals surface area contributed by atoms with Gasteiger partial charge in [-0.25, -0.2) is 0 Å². The Labute approximate surface area is 114 Å². The Morgan fingerprint density at radius 2 is 1.79 bits per heavy atom. The minimum absolute atomic E-state index is 0.0370. The van der Waals surface area contributed by atoms with Gasteiger partial charge in [0.15, 0.2) is 18.3 Å². The van der Waals surface area contributed by atoms with Crippen LogP contribution in [0.2, 0.25) is 0 Å². The minimum Gasteiger partial charge on any atom is -0.456 e. The lowest BCUT2D eigenvalue weighted by molar-refractivity contribution is -0.123. The van der Waals surface area contributed by atoms with Gasteiger partial charge in [-0.1, -0.05) is 0 Å². The van der Waals surface area contributed by atoms with Gasteiger partial charge in [0.05, 0.1) is 0 Å². The first-order valence-electron chi connectivity index (χ1n) is 6.52. The summed E-state index contributed by atoms with van der Waals surface area (Å²) in [6, 6.07) is 3.36. The van der Waals surface area contributed by atoms with E-state index in [0.717, 1.165) is 13.2 Å². The summed E-state index contributed by atoms with van der Waals surface area (Å²) in [5.41, 5.74) is 0. The largest absolute Gasteiger partial charge is 0.456 e. The smallest absolute Gasteiger partial charge is 0.185 e. The molecule has 0 N–H and O–H groups in total. The first-order chi connectivity index (χ1) is 9.17. The number of ether oxygens (including phenoxy) is 3. The van der Waals surface area contributed by atoms with Crippen LogP contribution in [0.25, 0.3) is 0 Å². The molecule has 5 nitrogen and oxygen atoms in total. The molecule has 0 aromatic carbocycles. The number of rotatable bonds is 8. The highest BCUT2D eigenvalue weighted by Gasteiger charge is 1.99. The molecule has 0 bridgehead atoms. The molecule has 1 aromatic rings. The van der Waals surface area contributed by atoms with Crippen LogP contribution < -0.4 is 0 Å². The summed E-state index contributed by atoms with van der Waals surface area (Å²) in [5.74, 6) is 1.04. The van der Waals surface area contributed by atoms with E-state index in [0.29, 0.717) is 31.0 Å². The van der Waals surface area contributed by atoms with Gasteiger partial charge in [-0.15, -0.1) is 0 Å². The van der Waals surface area contributed by atoms with Crippen LogP contribution in [0.5, 0.6) is 0 Å². The highest BCUT2D eigenvalue weighted by Crippen LogP contribution is 2.06. The molecule has 1 rings (SSSR count). The fraction of sp³-hybridized carbons (Fsp3) is 0.643. The third-order valence-electron chi connectivity index (χ3n) is 2.05. The van der Waals surface area contributed by atoms with Gasteiger partial charge in [0.25, 0.3) is 0 Å². The number of aldehydes is 1. The van der Waals surface area contributed by atoms with E-state index in [2.05, 4.69) is 0 Å². The fourth-order valence-corrected chi connectivity index (χ4v) is 1.26. The van der Waals surface area contributed by atoms with Crippen molar-refractivity contribution in [3.63, 3.8) is 0 Å². The first kappa shape index (κ1) is 17.8. The van der Waals surface area contributed by atoms with Crippen molar-refractivity contribution in [1.82, 2.24) is 0 Å². The van der Waals surface area contributed by atoms with E-state index in [1.807, 2.05) is 27.7 Å². The molecule has 110 valence electrons. The number of furan rings is 1. The van der Waals surface area contributed by atoms with Crippen molar-refractivity contribution in [3.05, 3.63) is 23.7 Å². The number of carbonyl (C=O) groups excluding carboxylic acids is 1. The molecule has 0 saturated heterocycles. The van der Waals surface area contributed by atoms with Crippen LogP contribution in [0.15, 0.2) is 16.5 Å². The van der Waals surface area contributed by atoms with E-state index in [4.69, 9.17) is 18.6 Å². The van der Waals surface area contributed by atoms with Crippen LogP contribution in [0.4, 0.5) is 0 Å². The van der Waals surface area contributed by atoms with Gasteiger partial charge in [0, 0.05) is 19.8 Å². The summed E-state index contributed by atoms with van der Waals surface area (Å²) >= 11 is 0. The summed E-state index contributed by atoms with van der Waals surface area (Å²) < 4.78 is 20.2. The Morgan fingerprint density at radius 3 is 2.21 bits per heavy atom. The molecule has 1 heterocycles. The summed E-state index contributed by atoms with van der Waals surface area (Å²) in [5, 5.41) is 0.